The van der Waals surface area contributed by atoms with Gasteiger partial charge < -0.3 is 4.52 Å². The minimum absolute atomic E-state index is 0.330. The standard InChI is InChI=1S/C10H24NOP/c1-8(2)11(9(3)4)13(7)12-10(5)6/h8-10H,1-7H3. The van der Waals surface area contributed by atoms with Crippen LogP contribution in [0.5, 0.6) is 0 Å². The average Bonchev–Trinajstić information content (AvgIpc) is 1.81. The lowest BCUT2D eigenvalue weighted by molar-refractivity contribution is 0.217. The maximum absolute atomic E-state index is 5.83. The molecule has 0 aromatic carbocycles. The molecule has 0 saturated carbocycles. The number of hydrogen-bond donors (Lipinski definition) is 0. The van der Waals surface area contributed by atoms with Crippen LogP contribution in [0.25, 0.3) is 0 Å². The van der Waals surface area contributed by atoms with Gasteiger partial charge in [-0.3, -0.25) is 4.67 Å². The maximum Gasteiger partial charge on any atom is 0.101 e. The summed E-state index contributed by atoms with van der Waals surface area (Å²) in [5.74, 6) is 0. The summed E-state index contributed by atoms with van der Waals surface area (Å²) in [5.41, 5.74) is 0. The maximum atomic E-state index is 5.83. The van der Waals surface area contributed by atoms with Crippen LogP contribution in [0.1, 0.15) is 41.5 Å². The zero-order chi connectivity index (χ0) is 10.6. The van der Waals surface area contributed by atoms with Crippen molar-refractivity contribution in [1.29, 1.82) is 0 Å². The fourth-order valence-corrected chi connectivity index (χ4v) is 3.63. The van der Waals surface area contributed by atoms with Crippen LogP contribution < -0.4 is 0 Å². The molecule has 0 aliphatic rings. The van der Waals surface area contributed by atoms with Crippen molar-refractivity contribution < 1.29 is 4.52 Å². The molecule has 0 bridgehead atoms. The Morgan fingerprint density at radius 3 is 1.54 bits per heavy atom. The van der Waals surface area contributed by atoms with E-state index in [0.29, 0.717) is 18.2 Å². The summed E-state index contributed by atoms with van der Waals surface area (Å²) < 4.78 is 8.27. The van der Waals surface area contributed by atoms with Crippen LogP contribution in [0.3, 0.4) is 0 Å². The molecule has 0 amide bonds. The Hall–Kier alpha value is 0.350. The van der Waals surface area contributed by atoms with Crippen LogP contribution in [-0.4, -0.2) is 29.5 Å². The molecule has 0 aromatic rings. The van der Waals surface area contributed by atoms with Crippen LogP contribution in [0.2, 0.25) is 0 Å². The molecular formula is C10H24NOP. The second kappa shape index (κ2) is 5.95. The van der Waals surface area contributed by atoms with Gasteiger partial charge in [-0.15, -0.1) is 0 Å². The number of nitrogens with zero attached hydrogens (tertiary/aromatic N) is 1. The molecule has 0 spiro atoms. The molecule has 0 aliphatic carbocycles. The third-order valence-corrected chi connectivity index (χ3v) is 4.05. The second-order valence-electron chi connectivity index (χ2n) is 4.19. The number of hydrogen-bond acceptors (Lipinski definition) is 2. The highest BCUT2D eigenvalue weighted by atomic mass is 31.2. The first kappa shape index (κ1) is 13.4. The largest absolute Gasteiger partial charge is 0.341 e. The zero-order valence-corrected chi connectivity index (χ0v) is 10.9. The zero-order valence-electron chi connectivity index (χ0n) is 10.0. The van der Waals surface area contributed by atoms with Gasteiger partial charge in [0.15, 0.2) is 0 Å². The lowest BCUT2D eigenvalue weighted by Gasteiger charge is -2.35. The third-order valence-electron chi connectivity index (χ3n) is 1.75. The van der Waals surface area contributed by atoms with E-state index in [0.717, 1.165) is 0 Å². The average molecular weight is 205 g/mol. The van der Waals surface area contributed by atoms with Gasteiger partial charge in [0, 0.05) is 12.1 Å². The predicted molar refractivity (Wildman–Crippen MR) is 61.2 cm³/mol. The minimum Gasteiger partial charge on any atom is -0.341 e. The third kappa shape index (κ3) is 4.95. The first-order valence-corrected chi connectivity index (χ1v) is 6.71. The quantitative estimate of drug-likeness (QED) is 0.637. The van der Waals surface area contributed by atoms with E-state index in [4.69, 9.17) is 4.52 Å². The molecule has 0 N–H and O–H groups in total. The summed E-state index contributed by atoms with van der Waals surface area (Å²) in [6, 6.07) is 1.13. The Morgan fingerprint density at radius 1 is 0.923 bits per heavy atom. The Morgan fingerprint density at radius 2 is 1.31 bits per heavy atom. The van der Waals surface area contributed by atoms with Crippen molar-refractivity contribution in [2.24, 2.45) is 0 Å². The van der Waals surface area contributed by atoms with E-state index in [9.17, 15) is 0 Å². The van der Waals surface area contributed by atoms with Crippen molar-refractivity contribution in [2.75, 3.05) is 6.66 Å². The summed E-state index contributed by atoms with van der Waals surface area (Å²) in [7, 11) is -0.429. The van der Waals surface area contributed by atoms with E-state index in [1.54, 1.807) is 0 Å². The monoisotopic (exact) mass is 205 g/mol. The molecule has 1 atom stereocenters. The highest BCUT2D eigenvalue weighted by Crippen LogP contribution is 2.41. The highest BCUT2D eigenvalue weighted by molar-refractivity contribution is 7.49. The molecule has 13 heavy (non-hydrogen) atoms. The van der Waals surface area contributed by atoms with Gasteiger partial charge in [-0.1, -0.05) is 0 Å². The molecule has 0 aliphatic heterocycles. The normalized spacial score (nSPS) is 15.0. The van der Waals surface area contributed by atoms with E-state index in [1.807, 2.05) is 0 Å². The van der Waals surface area contributed by atoms with Gasteiger partial charge in [0.05, 0.1) is 6.10 Å². The number of rotatable bonds is 5. The topological polar surface area (TPSA) is 12.5 Å². The molecule has 3 heteroatoms. The highest BCUT2D eigenvalue weighted by Gasteiger charge is 2.21. The lowest BCUT2D eigenvalue weighted by atomic mass is 10.3. The van der Waals surface area contributed by atoms with Gasteiger partial charge in [0.1, 0.15) is 8.30 Å². The van der Waals surface area contributed by atoms with Crippen LogP contribution in [0, 0.1) is 0 Å². The van der Waals surface area contributed by atoms with Gasteiger partial charge in [-0.25, -0.2) is 0 Å². The first-order chi connectivity index (χ1) is 5.86. The van der Waals surface area contributed by atoms with Crippen molar-refractivity contribution in [3.05, 3.63) is 0 Å². The van der Waals surface area contributed by atoms with Crippen LogP contribution in [0.4, 0.5) is 0 Å². The molecule has 80 valence electrons. The van der Waals surface area contributed by atoms with Crippen molar-refractivity contribution in [2.45, 2.75) is 59.7 Å². The Bertz CT molecular complexity index is 129. The fraction of sp³-hybridized carbons (Fsp3) is 1.00. The van der Waals surface area contributed by atoms with E-state index < -0.39 is 8.30 Å². The molecule has 0 saturated heterocycles. The fourth-order valence-electron chi connectivity index (χ4n) is 1.61. The van der Waals surface area contributed by atoms with Crippen LogP contribution in [-0.2, 0) is 4.52 Å². The summed E-state index contributed by atoms with van der Waals surface area (Å²) in [5, 5.41) is 0. The Labute approximate surface area is 84.5 Å². The summed E-state index contributed by atoms with van der Waals surface area (Å²) in [6.45, 7) is 15.3. The first-order valence-electron chi connectivity index (χ1n) is 5.05. The molecule has 0 radical (unpaired) electrons. The SMILES string of the molecule is CC(C)OP(C)N(C(C)C)C(C)C. The van der Waals surface area contributed by atoms with E-state index >= 15 is 0 Å². The van der Waals surface area contributed by atoms with Crippen molar-refractivity contribution in [1.82, 2.24) is 4.67 Å². The second-order valence-corrected chi connectivity index (χ2v) is 5.79. The van der Waals surface area contributed by atoms with E-state index in [2.05, 4.69) is 52.9 Å². The molecular weight excluding hydrogens is 181 g/mol. The van der Waals surface area contributed by atoms with Gasteiger partial charge >= 0.3 is 0 Å². The van der Waals surface area contributed by atoms with Crippen LogP contribution >= 0.6 is 8.30 Å². The van der Waals surface area contributed by atoms with Crippen molar-refractivity contribution in [3.63, 3.8) is 0 Å². The summed E-state index contributed by atoms with van der Waals surface area (Å²) >= 11 is 0. The van der Waals surface area contributed by atoms with Gasteiger partial charge in [0.25, 0.3) is 0 Å². The molecule has 0 rings (SSSR count). The van der Waals surface area contributed by atoms with E-state index in [1.165, 1.54) is 0 Å². The van der Waals surface area contributed by atoms with Crippen LogP contribution in [0.15, 0.2) is 0 Å². The Balaban J connectivity index is 4.20. The smallest absolute Gasteiger partial charge is 0.101 e. The molecule has 2 nitrogen and oxygen atoms in total. The van der Waals surface area contributed by atoms with Crippen molar-refractivity contribution in [3.8, 4) is 0 Å². The van der Waals surface area contributed by atoms with E-state index in [-0.39, 0.29) is 0 Å². The van der Waals surface area contributed by atoms with Gasteiger partial charge in [-0.05, 0) is 48.2 Å². The molecule has 1 unspecified atom stereocenters. The molecule has 0 aromatic heterocycles. The molecule has 0 fully saturated rings. The summed E-state index contributed by atoms with van der Waals surface area (Å²) in [4.78, 5) is 0. The minimum atomic E-state index is -0.429. The van der Waals surface area contributed by atoms with Crippen molar-refractivity contribution >= 4 is 8.30 Å². The molecule has 0 heterocycles. The predicted octanol–water partition coefficient (Wildman–Crippen LogP) is 3.47. The van der Waals surface area contributed by atoms with Gasteiger partial charge in [-0.2, -0.15) is 0 Å². The lowest BCUT2D eigenvalue weighted by Crippen LogP contribution is -2.33. The Kier molecular flexibility index (Phi) is 6.11. The summed E-state index contributed by atoms with van der Waals surface area (Å²) in [6.07, 6.45) is 0.330. The van der Waals surface area contributed by atoms with Gasteiger partial charge in [0.2, 0.25) is 0 Å².